The van der Waals surface area contributed by atoms with Crippen molar-refractivity contribution in [3.8, 4) is 22.3 Å². The number of anilines is 2. The fourth-order valence-corrected chi connectivity index (χ4v) is 6.23. The molecule has 1 unspecified atom stereocenters. The average Bonchev–Trinajstić information content (AvgIpc) is 3.68. The molecular weight excluding hydrogens is 626 g/mol. The van der Waals surface area contributed by atoms with Crippen LogP contribution >= 0.6 is 0 Å². The van der Waals surface area contributed by atoms with Crippen molar-refractivity contribution >= 4 is 44.0 Å². The maximum atomic E-state index is 15.7. The SMILES string of the molecule is CCCC(=O)Nc1cncc(-c2cc3c(cc2F)NCC2NC2=C3c2nc3nccc(-c4cc(F)cc(CNS(C)(=O)=O)c4)c3[nH]2)c1. The molecule has 0 aliphatic carbocycles. The van der Waals surface area contributed by atoms with E-state index in [1.807, 2.05) is 6.92 Å². The second-order valence-corrected chi connectivity index (χ2v) is 13.4. The zero-order valence-corrected chi connectivity index (χ0v) is 26.2. The Morgan fingerprint density at radius 2 is 1.89 bits per heavy atom. The van der Waals surface area contributed by atoms with E-state index in [1.165, 1.54) is 24.4 Å². The topological polar surface area (TPSA) is 164 Å². The number of imidazole rings is 1. The Kier molecular flexibility index (Phi) is 7.68. The van der Waals surface area contributed by atoms with Gasteiger partial charge >= 0.3 is 0 Å². The number of sulfonamides is 1. The monoisotopic (exact) mass is 656 g/mol. The molecule has 0 spiro atoms. The van der Waals surface area contributed by atoms with Crippen molar-refractivity contribution in [2.45, 2.75) is 32.4 Å². The van der Waals surface area contributed by atoms with Crippen molar-refractivity contribution in [1.29, 1.82) is 0 Å². The van der Waals surface area contributed by atoms with E-state index in [9.17, 15) is 17.6 Å². The van der Waals surface area contributed by atoms with Crippen LogP contribution in [0.25, 0.3) is 39.0 Å². The number of nitrogens with zero attached hydrogens (tertiary/aromatic N) is 3. The van der Waals surface area contributed by atoms with E-state index in [1.54, 1.807) is 36.7 Å². The van der Waals surface area contributed by atoms with Gasteiger partial charge in [-0.3, -0.25) is 9.78 Å². The van der Waals surface area contributed by atoms with Crippen molar-refractivity contribution < 1.29 is 22.0 Å². The maximum absolute atomic E-state index is 15.7. The maximum Gasteiger partial charge on any atom is 0.224 e. The molecule has 11 nitrogen and oxygen atoms in total. The van der Waals surface area contributed by atoms with Crippen molar-refractivity contribution in [3.63, 3.8) is 0 Å². The number of aromatic amines is 1. The van der Waals surface area contributed by atoms with E-state index in [0.29, 0.717) is 81.1 Å². The van der Waals surface area contributed by atoms with Crippen molar-refractivity contribution in [1.82, 2.24) is 30.0 Å². The predicted octanol–water partition coefficient (Wildman–Crippen LogP) is 4.91. The van der Waals surface area contributed by atoms with Gasteiger partial charge in [0.05, 0.1) is 29.7 Å². The molecule has 2 aliphatic rings. The summed E-state index contributed by atoms with van der Waals surface area (Å²) in [5, 5.41) is 9.53. The summed E-state index contributed by atoms with van der Waals surface area (Å²) in [7, 11) is -3.48. The Morgan fingerprint density at radius 3 is 2.70 bits per heavy atom. The average molecular weight is 657 g/mol. The highest BCUT2D eigenvalue weighted by molar-refractivity contribution is 7.88. The molecule has 1 atom stereocenters. The molecule has 0 radical (unpaired) electrons. The molecule has 5 N–H and O–H groups in total. The molecule has 14 heteroatoms. The number of H-pyrrole nitrogens is 1. The van der Waals surface area contributed by atoms with Crippen LogP contribution in [-0.4, -0.2) is 53.1 Å². The number of nitrogens with one attached hydrogen (secondary N) is 5. The van der Waals surface area contributed by atoms with Crippen LogP contribution in [0.5, 0.6) is 0 Å². The lowest BCUT2D eigenvalue weighted by molar-refractivity contribution is -0.116. The Hall–Kier alpha value is -5.21. The van der Waals surface area contributed by atoms with Gasteiger partial charge in [-0.05, 0) is 60.0 Å². The lowest BCUT2D eigenvalue weighted by Gasteiger charge is -2.15. The summed E-state index contributed by atoms with van der Waals surface area (Å²) in [5.41, 5.74) is 6.75. The Labute approximate surface area is 269 Å². The number of halogens is 2. The first-order valence-corrected chi connectivity index (χ1v) is 16.9. The van der Waals surface area contributed by atoms with Gasteiger partial charge in [0.25, 0.3) is 0 Å². The summed E-state index contributed by atoms with van der Waals surface area (Å²) in [6.07, 6.45) is 6.75. The summed E-state index contributed by atoms with van der Waals surface area (Å²) in [4.78, 5) is 29.1. The Morgan fingerprint density at radius 1 is 1.04 bits per heavy atom. The molecule has 1 saturated heterocycles. The highest BCUT2D eigenvalue weighted by Crippen LogP contribution is 2.42. The standard InChI is InChI=1S/C33H30F2N8O3S/c1-3-4-28(44)40-21-10-19(14-36-15-21)23-11-24-26(12-25(23)35)38-16-27-31(41-27)29(24)32-42-30-22(5-6-37-33(30)43-32)18-7-17(8-20(34)9-18)13-39-47(2,45)46/h5-12,14-15,27,38-39,41H,3-4,13,16H2,1-2H3,(H,40,44)(H,37,42,43). The normalized spacial score (nSPS) is 15.4. The second-order valence-electron chi connectivity index (χ2n) is 11.6. The lowest BCUT2D eigenvalue weighted by Crippen LogP contribution is -2.21. The van der Waals surface area contributed by atoms with E-state index in [0.717, 1.165) is 17.5 Å². The number of benzene rings is 2. The largest absolute Gasteiger partial charge is 0.382 e. The first-order valence-electron chi connectivity index (χ1n) is 15.0. The molecule has 1 fully saturated rings. The highest BCUT2D eigenvalue weighted by Gasteiger charge is 2.38. The van der Waals surface area contributed by atoms with Crippen molar-refractivity contribution in [2.75, 3.05) is 23.4 Å². The Balaban J connectivity index is 1.30. The number of fused-ring (bicyclic) bond motifs is 3. The number of carbonyl (C=O) groups is 1. The molecule has 240 valence electrons. The molecule has 5 aromatic rings. The van der Waals surface area contributed by atoms with Gasteiger partial charge in [0.1, 0.15) is 17.5 Å². The number of carbonyl (C=O) groups excluding carboxylic acids is 1. The molecule has 0 saturated carbocycles. The molecule has 7 rings (SSSR count). The van der Waals surface area contributed by atoms with Crippen LogP contribution in [-0.2, 0) is 21.4 Å². The molecule has 1 amide bonds. The van der Waals surface area contributed by atoms with E-state index < -0.39 is 21.7 Å². The van der Waals surface area contributed by atoms with E-state index >= 15 is 4.39 Å². The lowest BCUT2D eigenvalue weighted by atomic mass is 9.96. The fourth-order valence-electron chi connectivity index (χ4n) is 5.80. The minimum atomic E-state index is -3.48. The van der Waals surface area contributed by atoms with Gasteiger partial charge in [-0.1, -0.05) is 6.92 Å². The third-order valence-electron chi connectivity index (χ3n) is 7.98. The van der Waals surface area contributed by atoms with Crippen LogP contribution < -0.4 is 20.7 Å². The van der Waals surface area contributed by atoms with E-state index in [4.69, 9.17) is 4.98 Å². The molecule has 47 heavy (non-hydrogen) atoms. The smallest absolute Gasteiger partial charge is 0.224 e. The molecule has 3 aromatic heterocycles. The van der Waals surface area contributed by atoms with Gasteiger partial charge in [0, 0.05) is 71.1 Å². The second kappa shape index (κ2) is 11.9. The van der Waals surface area contributed by atoms with E-state index in [2.05, 4.69) is 35.6 Å². The van der Waals surface area contributed by atoms with Gasteiger partial charge in [0.2, 0.25) is 15.9 Å². The van der Waals surface area contributed by atoms with E-state index in [-0.39, 0.29) is 18.5 Å². The van der Waals surface area contributed by atoms with Gasteiger partial charge in [-0.15, -0.1) is 0 Å². The van der Waals surface area contributed by atoms with Crippen LogP contribution in [0.2, 0.25) is 0 Å². The van der Waals surface area contributed by atoms with Crippen LogP contribution in [0.15, 0.2) is 66.8 Å². The summed E-state index contributed by atoms with van der Waals surface area (Å²) >= 11 is 0. The zero-order chi connectivity index (χ0) is 32.9. The first-order chi connectivity index (χ1) is 22.6. The Bertz CT molecular complexity index is 2220. The predicted molar refractivity (Wildman–Crippen MR) is 176 cm³/mol. The number of pyridine rings is 2. The molecule has 0 bridgehead atoms. The summed E-state index contributed by atoms with van der Waals surface area (Å²) in [6.45, 7) is 2.39. The zero-order valence-electron chi connectivity index (χ0n) is 25.4. The third-order valence-corrected chi connectivity index (χ3v) is 8.65. The number of hydrogen-bond donors (Lipinski definition) is 5. The molecule has 2 aromatic carbocycles. The fraction of sp³-hybridized carbons (Fsp3) is 0.212. The first kappa shape index (κ1) is 30.4. The minimum Gasteiger partial charge on any atom is -0.382 e. The number of hydrogen-bond acceptors (Lipinski definition) is 8. The summed E-state index contributed by atoms with van der Waals surface area (Å²) in [5.74, 6) is -0.631. The molecule has 5 heterocycles. The molecular formula is C33H30F2N8O3S. The van der Waals surface area contributed by atoms with Gasteiger partial charge in [-0.25, -0.2) is 31.9 Å². The van der Waals surface area contributed by atoms with Crippen molar-refractivity contribution in [3.05, 3.63) is 95.3 Å². The summed E-state index contributed by atoms with van der Waals surface area (Å²) in [6, 6.07) is 11.0. The third kappa shape index (κ3) is 6.29. The van der Waals surface area contributed by atoms with Crippen LogP contribution in [0, 0.1) is 11.6 Å². The van der Waals surface area contributed by atoms with Crippen LogP contribution in [0.1, 0.15) is 36.7 Å². The number of aromatic nitrogens is 4. The highest BCUT2D eigenvalue weighted by atomic mass is 32.2. The van der Waals surface area contributed by atoms with Gasteiger partial charge in [-0.2, -0.15) is 0 Å². The quantitative estimate of drug-likeness (QED) is 0.140. The van der Waals surface area contributed by atoms with Crippen molar-refractivity contribution in [2.24, 2.45) is 0 Å². The number of rotatable bonds is 9. The van der Waals surface area contributed by atoms with Crippen LogP contribution in [0.3, 0.4) is 0 Å². The summed E-state index contributed by atoms with van der Waals surface area (Å²) < 4.78 is 56.0. The molecule has 2 aliphatic heterocycles. The van der Waals surface area contributed by atoms with Gasteiger partial charge < -0.3 is 20.9 Å². The van der Waals surface area contributed by atoms with Crippen LogP contribution in [0.4, 0.5) is 20.2 Å². The minimum absolute atomic E-state index is 0.0106. The van der Waals surface area contributed by atoms with Gasteiger partial charge in [0.15, 0.2) is 5.65 Å². The number of amides is 1.